The predicted octanol–water partition coefficient (Wildman–Crippen LogP) is 3.45. The fraction of sp³-hybridized carbons (Fsp3) is 0.308. The molecule has 0 aliphatic rings. The van der Waals surface area contributed by atoms with Crippen molar-refractivity contribution < 1.29 is 23.4 Å². The number of aromatic nitrogens is 4. The van der Waals surface area contributed by atoms with Crippen LogP contribution in [0, 0.1) is 0 Å². The zero-order valence-corrected chi connectivity index (χ0v) is 22.1. The standard InChI is InChI=1S/C26H31N6O5P/c1-19(15-32-17-31-24-25(27)29-16-30-26(24)32)36-18-38(34)37-22-10-5-9-21(14-22)35-12-6-11-28-23(33)13-20-7-3-2-4-8-20/h2-5,7-10,14,16-17,19,38H,6,11-13,15,18H2,1H3,(H,28,33)(H2,27,29,30). The summed E-state index contributed by atoms with van der Waals surface area (Å²) < 4.78 is 31.3. The lowest BCUT2D eigenvalue weighted by atomic mass is 10.1. The second kappa shape index (κ2) is 13.6. The van der Waals surface area contributed by atoms with E-state index in [0.29, 0.717) is 61.0 Å². The Balaban J connectivity index is 1.14. The molecule has 0 saturated carbocycles. The van der Waals surface area contributed by atoms with E-state index >= 15 is 0 Å². The van der Waals surface area contributed by atoms with Crippen molar-refractivity contribution in [2.45, 2.75) is 32.4 Å². The number of hydrogen-bond acceptors (Lipinski definition) is 9. The Morgan fingerprint density at radius 3 is 2.76 bits per heavy atom. The highest BCUT2D eigenvalue weighted by molar-refractivity contribution is 7.39. The van der Waals surface area contributed by atoms with Crippen molar-refractivity contribution in [1.82, 2.24) is 24.8 Å². The summed E-state index contributed by atoms with van der Waals surface area (Å²) in [6.07, 6.45) is 3.72. The fourth-order valence-corrected chi connectivity index (χ4v) is 4.56. The van der Waals surface area contributed by atoms with Gasteiger partial charge in [0.15, 0.2) is 11.5 Å². The zero-order valence-electron chi connectivity index (χ0n) is 21.1. The molecule has 0 radical (unpaired) electrons. The molecule has 0 fully saturated rings. The first kappa shape index (κ1) is 27.1. The van der Waals surface area contributed by atoms with Crippen LogP contribution in [0.3, 0.4) is 0 Å². The summed E-state index contributed by atoms with van der Waals surface area (Å²) >= 11 is 0. The molecule has 11 nitrogen and oxygen atoms in total. The predicted molar refractivity (Wildman–Crippen MR) is 144 cm³/mol. The van der Waals surface area contributed by atoms with Gasteiger partial charge < -0.3 is 29.6 Å². The van der Waals surface area contributed by atoms with Gasteiger partial charge in [-0.2, -0.15) is 0 Å². The molecule has 2 atom stereocenters. The van der Waals surface area contributed by atoms with Gasteiger partial charge in [-0.05, 0) is 31.0 Å². The number of benzene rings is 2. The van der Waals surface area contributed by atoms with Crippen LogP contribution in [0.15, 0.2) is 67.3 Å². The lowest BCUT2D eigenvalue weighted by Crippen LogP contribution is -2.27. The lowest BCUT2D eigenvalue weighted by molar-refractivity contribution is -0.120. The number of imidazole rings is 1. The number of carbonyl (C=O) groups is 1. The number of nitrogen functional groups attached to an aromatic ring is 1. The van der Waals surface area contributed by atoms with E-state index < -0.39 is 8.03 Å². The monoisotopic (exact) mass is 538 g/mol. The largest absolute Gasteiger partial charge is 0.493 e. The minimum atomic E-state index is -2.49. The van der Waals surface area contributed by atoms with Crippen LogP contribution in [-0.2, 0) is 27.1 Å². The number of rotatable bonds is 14. The van der Waals surface area contributed by atoms with Gasteiger partial charge in [0, 0.05) is 12.6 Å². The van der Waals surface area contributed by atoms with Crippen LogP contribution in [0.1, 0.15) is 18.9 Å². The van der Waals surface area contributed by atoms with E-state index in [9.17, 15) is 9.36 Å². The number of nitrogens with two attached hydrogens (primary N) is 1. The van der Waals surface area contributed by atoms with Crippen LogP contribution in [0.25, 0.3) is 11.2 Å². The van der Waals surface area contributed by atoms with Crippen LogP contribution < -0.4 is 20.3 Å². The van der Waals surface area contributed by atoms with Crippen LogP contribution in [0.4, 0.5) is 5.82 Å². The summed E-state index contributed by atoms with van der Waals surface area (Å²) in [5.41, 5.74) is 7.95. The van der Waals surface area contributed by atoms with Crippen molar-refractivity contribution in [2.75, 3.05) is 25.2 Å². The molecule has 2 aromatic carbocycles. The maximum atomic E-state index is 12.5. The van der Waals surface area contributed by atoms with E-state index in [2.05, 4.69) is 20.3 Å². The molecule has 2 unspecified atom stereocenters. The third kappa shape index (κ3) is 8.03. The summed E-state index contributed by atoms with van der Waals surface area (Å²) in [6.45, 7) is 3.26. The van der Waals surface area contributed by atoms with Crippen LogP contribution in [0.2, 0.25) is 0 Å². The van der Waals surface area contributed by atoms with E-state index in [-0.39, 0.29) is 18.4 Å². The maximum Gasteiger partial charge on any atom is 0.261 e. The normalized spacial score (nSPS) is 12.7. The number of anilines is 1. The van der Waals surface area contributed by atoms with Gasteiger partial charge in [-0.1, -0.05) is 36.4 Å². The summed E-state index contributed by atoms with van der Waals surface area (Å²) in [5.74, 6) is 1.32. The van der Waals surface area contributed by atoms with Gasteiger partial charge in [0.1, 0.15) is 29.7 Å². The number of fused-ring (bicyclic) bond motifs is 1. The number of nitrogens with zero attached hydrogens (tertiary/aromatic N) is 4. The average Bonchev–Trinajstić information content (AvgIpc) is 3.32. The van der Waals surface area contributed by atoms with Crippen LogP contribution in [0.5, 0.6) is 11.5 Å². The Kier molecular flexibility index (Phi) is 9.66. The number of nitrogens with one attached hydrogen (secondary N) is 1. The summed E-state index contributed by atoms with van der Waals surface area (Å²) in [7, 11) is -2.49. The van der Waals surface area contributed by atoms with Gasteiger partial charge in [-0.3, -0.25) is 9.36 Å². The molecule has 2 aromatic heterocycles. The van der Waals surface area contributed by atoms with E-state index in [1.165, 1.54) is 6.33 Å². The SMILES string of the molecule is CC(Cn1cnc2c(N)ncnc21)OC[PH](=O)Oc1cccc(OCCCNC(=O)Cc2ccccc2)c1. The molecule has 12 heteroatoms. The Labute approximate surface area is 221 Å². The smallest absolute Gasteiger partial charge is 0.261 e. The molecule has 38 heavy (non-hydrogen) atoms. The molecule has 0 spiro atoms. The average molecular weight is 539 g/mol. The van der Waals surface area contributed by atoms with Crippen molar-refractivity contribution in [3.63, 3.8) is 0 Å². The minimum Gasteiger partial charge on any atom is -0.493 e. The number of ether oxygens (including phenoxy) is 2. The topological polar surface area (TPSA) is 143 Å². The Morgan fingerprint density at radius 2 is 1.92 bits per heavy atom. The molecular formula is C26H31N6O5P. The second-order valence-corrected chi connectivity index (χ2v) is 9.85. The number of amides is 1. The van der Waals surface area contributed by atoms with E-state index in [0.717, 1.165) is 5.56 Å². The third-order valence-electron chi connectivity index (χ3n) is 5.53. The Hall–Kier alpha value is -3.95. The quantitative estimate of drug-likeness (QED) is 0.182. The highest BCUT2D eigenvalue weighted by Crippen LogP contribution is 2.30. The number of hydrogen-bond donors (Lipinski definition) is 2. The van der Waals surface area contributed by atoms with Gasteiger partial charge in [0.25, 0.3) is 8.03 Å². The molecule has 3 N–H and O–H groups in total. The van der Waals surface area contributed by atoms with Crippen molar-refractivity contribution in [3.8, 4) is 11.5 Å². The molecule has 4 aromatic rings. The van der Waals surface area contributed by atoms with Gasteiger partial charge in [-0.25, -0.2) is 15.0 Å². The molecule has 0 saturated heterocycles. The molecule has 4 rings (SSSR count). The van der Waals surface area contributed by atoms with Gasteiger partial charge in [0.2, 0.25) is 5.91 Å². The van der Waals surface area contributed by atoms with Crippen LogP contribution in [-0.4, -0.2) is 51.0 Å². The third-order valence-corrected chi connectivity index (χ3v) is 6.39. The lowest BCUT2D eigenvalue weighted by Gasteiger charge is -2.14. The molecule has 1 amide bonds. The molecule has 0 aliphatic carbocycles. The summed E-state index contributed by atoms with van der Waals surface area (Å²) in [6, 6.07) is 16.6. The van der Waals surface area contributed by atoms with Crippen molar-refractivity contribution >= 4 is 30.9 Å². The van der Waals surface area contributed by atoms with E-state index in [1.54, 1.807) is 30.6 Å². The van der Waals surface area contributed by atoms with E-state index in [1.807, 2.05) is 41.8 Å². The first-order valence-corrected chi connectivity index (χ1v) is 13.8. The molecule has 0 bridgehead atoms. The molecule has 0 aliphatic heterocycles. The number of carbonyl (C=O) groups excluding carboxylic acids is 1. The van der Waals surface area contributed by atoms with Gasteiger partial charge in [0.05, 0.1) is 32.0 Å². The maximum absolute atomic E-state index is 12.5. The van der Waals surface area contributed by atoms with Crippen molar-refractivity contribution in [3.05, 3.63) is 72.8 Å². The molecular weight excluding hydrogens is 507 g/mol. The molecule has 2 heterocycles. The minimum absolute atomic E-state index is 0.0229. The Morgan fingerprint density at radius 1 is 1.11 bits per heavy atom. The van der Waals surface area contributed by atoms with Crippen LogP contribution >= 0.6 is 8.03 Å². The molecule has 200 valence electrons. The highest BCUT2D eigenvalue weighted by atomic mass is 31.1. The van der Waals surface area contributed by atoms with E-state index in [4.69, 9.17) is 19.7 Å². The van der Waals surface area contributed by atoms with Gasteiger partial charge in [-0.15, -0.1) is 0 Å². The van der Waals surface area contributed by atoms with Gasteiger partial charge >= 0.3 is 0 Å². The van der Waals surface area contributed by atoms with Crippen molar-refractivity contribution in [2.24, 2.45) is 0 Å². The second-order valence-electron chi connectivity index (χ2n) is 8.61. The Bertz CT molecular complexity index is 1370. The first-order chi connectivity index (χ1) is 18.5. The van der Waals surface area contributed by atoms with Crippen molar-refractivity contribution in [1.29, 1.82) is 0 Å². The first-order valence-electron chi connectivity index (χ1n) is 12.2. The fourth-order valence-electron chi connectivity index (χ4n) is 3.69. The highest BCUT2D eigenvalue weighted by Gasteiger charge is 2.13. The zero-order chi connectivity index (χ0) is 26.7. The summed E-state index contributed by atoms with van der Waals surface area (Å²) in [5, 5.41) is 2.89. The summed E-state index contributed by atoms with van der Waals surface area (Å²) in [4.78, 5) is 24.4.